The number of carbonyl (C=O) groups is 1. The lowest BCUT2D eigenvalue weighted by Crippen LogP contribution is -2.38. The molecule has 1 N–H and O–H groups in total. The molecule has 29 heavy (non-hydrogen) atoms. The predicted octanol–water partition coefficient (Wildman–Crippen LogP) is 3.30. The molecule has 2 aromatic carbocycles. The number of ether oxygens (including phenoxy) is 1. The molecule has 0 spiro atoms. The molecular formula is C22H30N2O4S. The zero-order valence-corrected chi connectivity index (χ0v) is 18.3. The van der Waals surface area contributed by atoms with Crippen molar-refractivity contribution in [1.29, 1.82) is 0 Å². The number of benzene rings is 2. The van der Waals surface area contributed by atoms with Crippen LogP contribution in [-0.2, 0) is 21.2 Å². The Bertz CT molecular complexity index is 893. The molecule has 0 aliphatic rings. The molecule has 1 atom stereocenters. The molecule has 158 valence electrons. The summed E-state index contributed by atoms with van der Waals surface area (Å²) in [5, 5.41) is 2.93. The number of carbonyl (C=O) groups excluding carboxylic acids is 1. The van der Waals surface area contributed by atoms with E-state index in [9.17, 15) is 13.2 Å². The zero-order valence-electron chi connectivity index (χ0n) is 17.5. The summed E-state index contributed by atoms with van der Waals surface area (Å²) in [6.07, 6.45) is 2.86. The molecule has 0 saturated heterocycles. The van der Waals surface area contributed by atoms with Gasteiger partial charge in [0.15, 0.2) is 6.10 Å². The average molecular weight is 419 g/mol. The second-order valence-electron chi connectivity index (χ2n) is 7.12. The number of aryl methyl sites for hydroxylation is 2. The SMILES string of the molecule is CC[C@H](Oc1ccc(N(C)S(C)(=O)=O)cc1)C(=O)NCCCc1ccc(C)cc1. The summed E-state index contributed by atoms with van der Waals surface area (Å²) < 4.78 is 30.2. The van der Waals surface area contributed by atoms with Gasteiger partial charge in [-0.25, -0.2) is 8.42 Å². The topological polar surface area (TPSA) is 75.7 Å². The summed E-state index contributed by atoms with van der Waals surface area (Å²) >= 11 is 0. The highest BCUT2D eigenvalue weighted by Crippen LogP contribution is 2.21. The van der Waals surface area contributed by atoms with E-state index < -0.39 is 16.1 Å². The van der Waals surface area contributed by atoms with Crippen LogP contribution in [0, 0.1) is 6.92 Å². The summed E-state index contributed by atoms with van der Waals surface area (Å²) in [7, 11) is -1.83. The Morgan fingerprint density at radius 3 is 2.28 bits per heavy atom. The van der Waals surface area contributed by atoms with Crippen molar-refractivity contribution < 1.29 is 17.9 Å². The van der Waals surface area contributed by atoms with Gasteiger partial charge in [-0.3, -0.25) is 9.10 Å². The van der Waals surface area contributed by atoms with Gasteiger partial charge in [0.05, 0.1) is 11.9 Å². The smallest absolute Gasteiger partial charge is 0.261 e. The summed E-state index contributed by atoms with van der Waals surface area (Å²) in [6.45, 7) is 4.54. The lowest BCUT2D eigenvalue weighted by atomic mass is 10.1. The largest absolute Gasteiger partial charge is 0.481 e. The second-order valence-corrected chi connectivity index (χ2v) is 9.13. The fraction of sp³-hybridized carbons (Fsp3) is 0.409. The number of anilines is 1. The zero-order chi connectivity index (χ0) is 21.4. The van der Waals surface area contributed by atoms with Crippen molar-refractivity contribution in [3.63, 3.8) is 0 Å². The van der Waals surface area contributed by atoms with Crippen LogP contribution < -0.4 is 14.4 Å². The minimum atomic E-state index is -3.32. The lowest BCUT2D eigenvalue weighted by molar-refractivity contribution is -0.128. The first-order chi connectivity index (χ1) is 13.7. The summed E-state index contributed by atoms with van der Waals surface area (Å²) in [6, 6.07) is 15.1. The van der Waals surface area contributed by atoms with Crippen molar-refractivity contribution in [3.8, 4) is 5.75 Å². The monoisotopic (exact) mass is 418 g/mol. The molecule has 0 aromatic heterocycles. The van der Waals surface area contributed by atoms with E-state index in [1.54, 1.807) is 24.3 Å². The summed E-state index contributed by atoms with van der Waals surface area (Å²) in [5.41, 5.74) is 3.03. The van der Waals surface area contributed by atoms with Gasteiger partial charge < -0.3 is 10.1 Å². The van der Waals surface area contributed by atoms with Crippen LogP contribution in [0.15, 0.2) is 48.5 Å². The minimum absolute atomic E-state index is 0.145. The molecule has 0 saturated carbocycles. The van der Waals surface area contributed by atoms with E-state index in [0.717, 1.165) is 19.1 Å². The van der Waals surface area contributed by atoms with Crippen molar-refractivity contribution in [2.24, 2.45) is 0 Å². The Hall–Kier alpha value is -2.54. The first kappa shape index (κ1) is 22.7. The fourth-order valence-electron chi connectivity index (χ4n) is 2.79. The molecule has 0 bridgehead atoms. The van der Waals surface area contributed by atoms with Crippen LogP contribution in [0.2, 0.25) is 0 Å². The van der Waals surface area contributed by atoms with Crippen LogP contribution >= 0.6 is 0 Å². The van der Waals surface area contributed by atoms with Gasteiger partial charge in [-0.05, 0) is 56.0 Å². The highest BCUT2D eigenvalue weighted by Gasteiger charge is 2.18. The number of nitrogens with zero attached hydrogens (tertiary/aromatic N) is 1. The first-order valence-electron chi connectivity index (χ1n) is 9.74. The van der Waals surface area contributed by atoms with E-state index in [4.69, 9.17) is 4.74 Å². The number of hydrogen-bond donors (Lipinski definition) is 1. The number of amides is 1. The van der Waals surface area contributed by atoms with E-state index in [1.165, 1.54) is 22.5 Å². The number of rotatable bonds is 10. The van der Waals surface area contributed by atoms with E-state index in [0.29, 0.717) is 24.4 Å². The van der Waals surface area contributed by atoms with Gasteiger partial charge in [-0.1, -0.05) is 36.8 Å². The molecular weight excluding hydrogens is 388 g/mol. The maximum atomic E-state index is 12.4. The second kappa shape index (κ2) is 10.3. The number of nitrogens with one attached hydrogen (secondary N) is 1. The van der Waals surface area contributed by atoms with Crippen molar-refractivity contribution in [2.45, 2.75) is 39.2 Å². The third-order valence-electron chi connectivity index (χ3n) is 4.70. The summed E-state index contributed by atoms with van der Waals surface area (Å²) in [4.78, 5) is 12.4. The molecule has 0 unspecified atom stereocenters. The minimum Gasteiger partial charge on any atom is -0.481 e. The molecule has 0 aliphatic carbocycles. The van der Waals surface area contributed by atoms with Gasteiger partial charge in [0.1, 0.15) is 5.75 Å². The summed E-state index contributed by atoms with van der Waals surface area (Å²) in [5.74, 6) is 0.381. The third kappa shape index (κ3) is 7.09. The van der Waals surface area contributed by atoms with Crippen LogP contribution in [0.5, 0.6) is 5.75 Å². The van der Waals surface area contributed by atoms with Crippen LogP contribution in [0.1, 0.15) is 30.9 Å². The average Bonchev–Trinajstić information content (AvgIpc) is 2.69. The molecule has 2 rings (SSSR count). The highest BCUT2D eigenvalue weighted by molar-refractivity contribution is 7.92. The molecule has 0 radical (unpaired) electrons. The van der Waals surface area contributed by atoms with Crippen LogP contribution in [0.25, 0.3) is 0 Å². The molecule has 7 heteroatoms. The Labute approximate surface area is 173 Å². The van der Waals surface area contributed by atoms with Crippen LogP contribution in [-0.4, -0.2) is 40.3 Å². The van der Waals surface area contributed by atoms with Crippen molar-refractivity contribution in [2.75, 3.05) is 24.2 Å². The molecule has 0 heterocycles. The quantitative estimate of drug-likeness (QED) is 0.601. The van der Waals surface area contributed by atoms with Crippen molar-refractivity contribution >= 4 is 21.6 Å². The van der Waals surface area contributed by atoms with Gasteiger partial charge in [-0.2, -0.15) is 0 Å². The van der Waals surface area contributed by atoms with Gasteiger partial charge >= 0.3 is 0 Å². The van der Waals surface area contributed by atoms with Gasteiger partial charge in [0.25, 0.3) is 5.91 Å². The molecule has 2 aromatic rings. The fourth-order valence-corrected chi connectivity index (χ4v) is 3.29. The molecule has 1 amide bonds. The Kier molecular flexibility index (Phi) is 8.08. The van der Waals surface area contributed by atoms with Gasteiger partial charge in [0.2, 0.25) is 10.0 Å². The standard InChI is InChI=1S/C22H30N2O4S/c1-5-21(22(25)23-16-6-7-18-10-8-17(2)9-11-18)28-20-14-12-19(13-15-20)24(3)29(4,26)27/h8-15,21H,5-7,16H2,1-4H3,(H,23,25)/t21-/m0/s1. The van der Waals surface area contributed by atoms with Crippen molar-refractivity contribution in [1.82, 2.24) is 5.32 Å². The van der Waals surface area contributed by atoms with E-state index >= 15 is 0 Å². The number of hydrogen-bond acceptors (Lipinski definition) is 4. The third-order valence-corrected chi connectivity index (χ3v) is 5.91. The van der Waals surface area contributed by atoms with Gasteiger partial charge in [0, 0.05) is 13.6 Å². The highest BCUT2D eigenvalue weighted by atomic mass is 32.2. The normalized spacial score (nSPS) is 12.3. The molecule has 6 nitrogen and oxygen atoms in total. The van der Waals surface area contributed by atoms with Gasteiger partial charge in [-0.15, -0.1) is 0 Å². The Morgan fingerprint density at radius 1 is 1.10 bits per heavy atom. The van der Waals surface area contributed by atoms with E-state index in [1.807, 2.05) is 6.92 Å². The molecule has 0 fully saturated rings. The van der Waals surface area contributed by atoms with Crippen molar-refractivity contribution in [3.05, 3.63) is 59.7 Å². The maximum Gasteiger partial charge on any atom is 0.261 e. The Morgan fingerprint density at radius 2 is 1.72 bits per heavy atom. The van der Waals surface area contributed by atoms with Crippen LogP contribution in [0.4, 0.5) is 5.69 Å². The lowest BCUT2D eigenvalue weighted by Gasteiger charge is -2.19. The number of sulfonamides is 1. The van der Waals surface area contributed by atoms with E-state index in [-0.39, 0.29) is 5.91 Å². The van der Waals surface area contributed by atoms with E-state index in [2.05, 4.69) is 36.5 Å². The molecule has 0 aliphatic heterocycles. The maximum absolute atomic E-state index is 12.4. The van der Waals surface area contributed by atoms with Crippen LogP contribution in [0.3, 0.4) is 0 Å². The first-order valence-corrected chi connectivity index (χ1v) is 11.6. The Balaban J connectivity index is 1.83. The predicted molar refractivity (Wildman–Crippen MR) is 117 cm³/mol.